The third-order valence-corrected chi connectivity index (χ3v) is 4.36. The lowest BCUT2D eigenvalue weighted by molar-refractivity contribution is -0.152. The molecule has 26 heavy (non-hydrogen) atoms. The molecule has 0 spiro atoms. The van der Waals surface area contributed by atoms with Gasteiger partial charge in [0.25, 0.3) is 5.91 Å². The van der Waals surface area contributed by atoms with E-state index in [4.69, 9.17) is 14.2 Å². The number of esters is 2. The molecule has 0 aromatic heterocycles. The first-order chi connectivity index (χ1) is 12.5. The minimum absolute atomic E-state index is 0.173. The number of benzene rings is 1. The molecule has 0 aliphatic carbocycles. The number of amides is 1. The number of methoxy groups -OCH3 is 1. The Morgan fingerprint density at radius 1 is 1.23 bits per heavy atom. The Morgan fingerprint density at radius 3 is 2.54 bits per heavy atom. The molecule has 1 aliphatic rings. The zero-order chi connectivity index (χ0) is 19.1. The molecule has 1 aromatic rings. The molecule has 2 rings (SSSR count). The van der Waals surface area contributed by atoms with Crippen LogP contribution in [0.5, 0.6) is 5.75 Å². The van der Waals surface area contributed by atoms with Gasteiger partial charge < -0.3 is 19.1 Å². The smallest absolute Gasteiger partial charge is 0.339 e. The first-order valence-corrected chi connectivity index (χ1v) is 8.76. The van der Waals surface area contributed by atoms with E-state index in [0.29, 0.717) is 43.9 Å². The van der Waals surface area contributed by atoms with Gasteiger partial charge in [-0.15, -0.1) is 0 Å². The number of carbonyl (C=O) groups is 3. The second-order valence-corrected chi connectivity index (χ2v) is 6.13. The Kier molecular flexibility index (Phi) is 7.00. The van der Waals surface area contributed by atoms with Crippen LogP contribution in [0.4, 0.5) is 0 Å². The molecule has 0 N–H and O–H groups in total. The van der Waals surface area contributed by atoms with Gasteiger partial charge in [-0.1, -0.05) is 6.07 Å². The third kappa shape index (κ3) is 4.97. The Labute approximate surface area is 153 Å². The standard InChI is InChI=1S/C19H25NO6/c1-4-25-18(22)14-8-10-20(11-9-14)17(21)13(2)26-19(23)15-6-5-7-16(12-15)24-3/h5-7,12-14H,4,8-11H2,1-3H3. The fourth-order valence-corrected chi connectivity index (χ4v) is 2.88. The zero-order valence-electron chi connectivity index (χ0n) is 15.4. The molecule has 7 nitrogen and oxygen atoms in total. The maximum Gasteiger partial charge on any atom is 0.339 e. The van der Waals surface area contributed by atoms with E-state index in [9.17, 15) is 14.4 Å². The summed E-state index contributed by atoms with van der Waals surface area (Å²) in [7, 11) is 1.51. The molecule has 1 unspecified atom stereocenters. The van der Waals surface area contributed by atoms with Crippen LogP contribution in [0.1, 0.15) is 37.0 Å². The Morgan fingerprint density at radius 2 is 1.92 bits per heavy atom. The minimum Gasteiger partial charge on any atom is -0.497 e. The predicted molar refractivity (Wildman–Crippen MR) is 93.8 cm³/mol. The van der Waals surface area contributed by atoms with Gasteiger partial charge in [0.15, 0.2) is 6.10 Å². The van der Waals surface area contributed by atoms with E-state index < -0.39 is 12.1 Å². The SMILES string of the molecule is CCOC(=O)C1CCN(C(=O)C(C)OC(=O)c2cccc(OC)c2)CC1. The van der Waals surface area contributed by atoms with Crippen LogP contribution in [0.25, 0.3) is 0 Å². The number of ether oxygens (including phenoxy) is 3. The third-order valence-electron chi connectivity index (χ3n) is 4.36. The largest absolute Gasteiger partial charge is 0.497 e. The topological polar surface area (TPSA) is 82.1 Å². The predicted octanol–water partition coefficient (Wildman–Crippen LogP) is 2.04. The first kappa shape index (κ1) is 19.8. The number of piperidine rings is 1. The maximum absolute atomic E-state index is 12.5. The van der Waals surface area contributed by atoms with Gasteiger partial charge in [-0.3, -0.25) is 9.59 Å². The summed E-state index contributed by atoms with van der Waals surface area (Å²) in [6.45, 7) is 4.58. The summed E-state index contributed by atoms with van der Waals surface area (Å²) in [6.07, 6.45) is 0.218. The molecule has 7 heteroatoms. The molecule has 0 saturated carbocycles. The van der Waals surface area contributed by atoms with Crippen LogP contribution in [0.15, 0.2) is 24.3 Å². The summed E-state index contributed by atoms with van der Waals surface area (Å²) in [5.41, 5.74) is 0.324. The van der Waals surface area contributed by atoms with E-state index in [1.54, 1.807) is 43.0 Å². The van der Waals surface area contributed by atoms with Gasteiger partial charge in [-0.05, 0) is 44.9 Å². The van der Waals surface area contributed by atoms with Crippen LogP contribution >= 0.6 is 0 Å². The van der Waals surface area contributed by atoms with E-state index >= 15 is 0 Å². The van der Waals surface area contributed by atoms with E-state index in [-0.39, 0.29) is 17.8 Å². The second-order valence-electron chi connectivity index (χ2n) is 6.13. The molecule has 1 amide bonds. The van der Waals surface area contributed by atoms with Crippen LogP contribution in [0, 0.1) is 5.92 Å². The second kappa shape index (κ2) is 9.22. The lowest BCUT2D eigenvalue weighted by Crippen LogP contribution is -2.45. The van der Waals surface area contributed by atoms with E-state index in [0.717, 1.165) is 0 Å². The molecule has 142 valence electrons. The normalized spacial score (nSPS) is 15.9. The molecule has 0 bridgehead atoms. The molecule has 1 saturated heterocycles. The van der Waals surface area contributed by atoms with Crippen molar-refractivity contribution >= 4 is 17.8 Å². The Bertz CT molecular complexity index is 651. The number of nitrogens with zero attached hydrogens (tertiary/aromatic N) is 1. The summed E-state index contributed by atoms with van der Waals surface area (Å²) in [6, 6.07) is 6.57. The van der Waals surface area contributed by atoms with Crippen LogP contribution in [0.2, 0.25) is 0 Å². The molecule has 1 heterocycles. The number of hydrogen-bond donors (Lipinski definition) is 0. The van der Waals surface area contributed by atoms with Gasteiger partial charge in [-0.2, -0.15) is 0 Å². The number of rotatable bonds is 6. The quantitative estimate of drug-likeness (QED) is 0.720. The monoisotopic (exact) mass is 363 g/mol. The summed E-state index contributed by atoms with van der Waals surface area (Å²) in [5.74, 6) is -0.681. The molecule has 1 aromatic carbocycles. The molecular weight excluding hydrogens is 338 g/mol. The van der Waals surface area contributed by atoms with Crippen molar-refractivity contribution in [3.63, 3.8) is 0 Å². The zero-order valence-corrected chi connectivity index (χ0v) is 15.4. The Balaban J connectivity index is 1.87. The van der Waals surface area contributed by atoms with Crippen molar-refractivity contribution in [1.82, 2.24) is 4.90 Å². The van der Waals surface area contributed by atoms with E-state index in [1.165, 1.54) is 7.11 Å². The van der Waals surface area contributed by atoms with E-state index in [2.05, 4.69) is 0 Å². The molecule has 1 aliphatic heterocycles. The highest BCUT2D eigenvalue weighted by atomic mass is 16.5. The van der Waals surface area contributed by atoms with E-state index in [1.807, 2.05) is 0 Å². The molecule has 1 atom stereocenters. The highest BCUT2D eigenvalue weighted by Crippen LogP contribution is 2.20. The van der Waals surface area contributed by atoms with Crippen molar-refractivity contribution < 1.29 is 28.6 Å². The summed E-state index contributed by atoms with van der Waals surface area (Å²) < 4.78 is 15.4. The first-order valence-electron chi connectivity index (χ1n) is 8.76. The summed E-state index contributed by atoms with van der Waals surface area (Å²) in [5, 5.41) is 0. The van der Waals surface area contributed by atoms with Crippen molar-refractivity contribution in [1.29, 1.82) is 0 Å². The van der Waals surface area contributed by atoms with Crippen LogP contribution < -0.4 is 4.74 Å². The molecule has 0 radical (unpaired) electrons. The number of carbonyl (C=O) groups excluding carboxylic acids is 3. The van der Waals surface area contributed by atoms with Crippen molar-refractivity contribution in [2.24, 2.45) is 5.92 Å². The highest BCUT2D eigenvalue weighted by molar-refractivity contribution is 5.92. The maximum atomic E-state index is 12.5. The van der Waals surface area contributed by atoms with Crippen LogP contribution in [0.3, 0.4) is 0 Å². The van der Waals surface area contributed by atoms with Crippen molar-refractivity contribution in [2.75, 3.05) is 26.8 Å². The fourth-order valence-electron chi connectivity index (χ4n) is 2.88. The average Bonchev–Trinajstić information content (AvgIpc) is 2.67. The van der Waals surface area contributed by atoms with Crippen LogP contribution in [-0.2, 0) is 19.1 Å². The number of likely N-dealkylation sites (tertiary alicyclic amines) is 1. The van der Waals surface area contributed by atoms with Crippen LogP contribution in [-0.4, -0.2) is 55.7 Å². The average molecular weight is 363 g/mol. The van der Waals surface area contributed by atoms with Crippen molar-refractivity contribution in [3.05, 3.63) is 29.8 Å². The highest BCUT2D eigenvalue weighted by Gasteiger charge is 2.31. The van der Waals surface area contributed by atoms with Crippen molar-refractivity contribution in [2.45, 2.75) is 32.8 Å². The lowest BCUT2D eigenvalue weighted by atomic mass is 9.97. The summed E-state index contributed by atoms with van der Waals surface area (Å²) in [4.78, 5) is 38.1. The number of hydrogen-bond acceptors (Lipinski definition) is 6. The van der Waals surface area contributed by atoms with Gasteiger partial charge in [-0.25, -0.2) is 4.79 Å². The fraction of sp³-hybridized carbons (Fsp3) is 0.526. The lowest BCUT2D eigenvalue weighted by Gasteiger charge is -2.32. The molecular formula is C19H25NO6. The molecule has 1 fully saturated rings. The Hall–Kier alpha value is -2.57. The van der Waals surface area contributed by atoms with Gasteiger partial charge >= 0.3 is 11.9 Å². The van der Waals surface area contributed by atoms with Gasteiger partial charge in [0, 0.05) is 13.1 Å². The van der Waals surface area contributed by atoms with Gasteiger partial charge in [0.05, 0.1) is 25.2 Å². The van der Waals surface area contributed by atoms with Crippen molar-refractivity contribution in [3.8, 4) is 5.75 Å². The minimum atomic E-state index is -0.896. The van der Waals surface area contributed by atoms with Gasteiger partial charge in [0.1, 0.15) is 5.75 Å². The van der Waals surface area contributed by atoms with Gasteiger partial charge in [0.2, 0.25) is 0 Å². The summed E-state index contributed by atoms with van der Waals surface area (Å²) >= 11 is 0.